The first-order valence-electron chi connectivity index (χ1n) is 11.1. The highest BCUT2D eigenvalue weighted by Crippen LogP contribution is 2.43. The van der Waals surface area contributed by atoms with Crippen LogP contribution in [0.5, 0.6) is 0 Å². The van der Waals surface area contributed by atoms with Crippen LogP contribution >= 0.6 is 22.9 Å². The minimum absolute atomic E-state index is 0.00616. The molecule has 1 N–H and O–H groups in total. The zero-order valence-corrected chi connectivity index (χ0v) is 21.0. The molecule has 0 amide bonds. The fourth-order valence-corrected chi connectivity index (χ4v) is 5.45. The van der Waals surface area contributed by atoms with Crippen LogP contribution < -0.4 is 5.32 Å². The molecule has 2 nitrogen and oxygen atoms in total. The normalized spacial score (nSPS) is 15.9. The van der Waals surface area contributed by atoms with E-state index in [9.17, 15) is 4.79 Å². The summed E-state index contributed by atoms with van der Waals surface area (Å²) in [6.07, 6.45) is 12.1. The molecule has 0 radical (unpaired) electrons. The third-order valence-electron chi connectivity index (χ3n) is 5.90. The molecule has 0 aliphatic rings. The van der Waals surface area contributed by atoms with Crippen molar-refractivity contribution in [3.8, 4) is 0 Å². The second-order valence-corrected chi connectivity index (χ2v) is 9.73. The van der Waals surface area contributed by atoms with E-state index in [4.69, 9.17) is 11.6 Å². The van der Waals surface area contributed by atoms with Crippen LogP contribution in [-0.4, -0.2) is 5.78 Å². The van der Waals surface area contributed by atoms with Gasteiger partial charge in [-0.05, 0) is 52.2 Å². The Hall–Kier alpha value is -1.06. The number of hydrogen-bond donors (Lipinski definition) is 1. The Morgan fingerprint density at radius 2 is 1.93 bits per heavy atom. The van der Waals surface area contributed by atoms with Crippen LogP contribution in [0.2, 0.25) is 0 Å². The smallest absolute Gasteiger partial charge is 0.160 e. The molecule has 29 heavy (non-hydrogen) atoms. The molecule has 1 rings (SSSR count). The van der Waals surface area contributed by atoms with E-state index >= 15 is 0 Å². The van der Waals surface area contributed by atoms with Gasteiger partial charge >= 0.3 is 0 Å². The fraction of sp³-hybridized carbons (Fsp3) is 0.640. The molecular weight excluding hydrogens is 398 g/mol. The van der Waals surface area contributed by atoms with Gasteiger partial charge in [-0.25, -0.2) is 0 Å². The van der Waals surface area contributed by atoms with Gasteiger partial charge in [-0.15, -0.1) is 11.3 Å². The summed E-state index contributed by atoms with van der Waals surface area (Å²) in [5.74, 6) is 0.155. The number of unbranched alkanes of at least 4 members (excludes halogenated alkanes) is 3. The highest BCUT2D eigenvalue weighted by atomic mass is 35.5. The van der Waals surface area contributed by atoms with Crippen molar-refractivity contribution in [1.82, 2.24) is 5.32 Å². The fourth-order valence-electron chi connectivity index (χ4n) is 3.61. The first-order chi connectivity index (χ1) is 13.7. The van der Waals surface area contributed by atoms with Crippen molar-refractivity contribution < 1.29 is 4.79 Å². The minimum atomic E-state index is -0.00616. The number of Topliss-reactive ketones (excluding diaryl/α,β-unsaturated/α-hetero) is 1. The van der Waals surface area contributed by atoms with E-state index in [1.807, 2.05) is 13.0 Å². The number of nitrogens with one attached hydrogen (secondary N) is 1. The predicted molar refractivity (Wildman–Crippen MR) is 130 cm³/mol. The predicted octanol–water partition coefficient (Wildman–Crippen LogP) is 8.68. The van der Waals surface area contributed by atoms with Gasteiger partial charge in [0.05, 0.1) is 11.2 Å². The summed E-state index contributed by atoms with van der Waals surface area (Å²) in [4.78, 5) is 14.9. The Bertz CT molecular complexity index is 718. The van der Waals surface area contributed by atoms with Crippen LogP contribution in [0, 0.1) is 0 Å². The maximum absolute atomic E-state index is 12.5. The second kappa shape index (κ2) is 12.6. The lowest BCUT2D eigenvalue weighted by Crippen LogP contribution is -2.22. The van der Waals surface area contributed by atoms with Crippen LogP contribution in [0.4, 0.5) is 0 Å². The Morgan fingerprint density at radius 3 is 2.45 bits per heavy atom. The molecular formula is C25H40ClNOS. The lowest BCUT2D eigenvalue weighted by Gasteiger charge is -2.28. The molecule has 2 unspecified atom stereocenters. The van der Waals surface area contributed by atoms with Crippen molar-refractivity contribution in [3.63, 3.8) is 0 Å². The summed E-state index contributed by atoms with van der Waals surface area (Å²) >= 11 is 8.20. The van der Waals surface area contributed by atoms with Gasteiger partial charge in [0.2, 0.25) is 0 Å². The molecule has 0 aliphatic carbocycles. The highest BCUT2D eigenvalue weighted by molar-refractivity contribution is 7.12. The van der Waals surface area contributed by atoms with Gasteiger partial charge < -0.3 is 5.32 Å². The van der Waals surface area contributed by atoms with Crippen LogP contribution in [0.3, 0.4) is 0 Å². The van der Waals surface area contributed by atoms with Gasteiger partial charge in [0.25, 0.3) is 0 Å². The van der Waals surface area contributed by atoms with Gasteiger partial charge in [-0.3, -0.25) is 4.79 Å². The zero-order chi connectivity index (χ0) is 22.0. The molecule has 2 atom stereocenters. The summed E-state index contributed by atoms with van der Waals surface area (Å²) in [5, 5.41) is 4.11. The Kier molecular flexibility index (Phi) is 11.3. The maximum Gasteiger partial charge on any atom is 0.160 e. The van der Waals surface area contributed by atoms with Gasteiger partial charge in [-0.1, -0.05) is 76.6 Å². The van der Waals surface area contributed by atoms with Crippen LogP contribution in [0.25, 0.3) is 0 Å². The number of rotatable bonds is 13. The number of carbonyl (C=O) groups excluding carboxylic acids is 1. The third-order valence-corrected chi connectivity index (χ3v) is 7.67. The zero-order valence-electron chi connectivity index (χ0n) is 19.5. The van der Waals surface area contributed by atoms with Crippen LogP contribution in [0.1, 0.15) is 120 Å². The maximum atomic E-state index is 12.5. The number of allylic oxidation sites excluding steroid dienone is 2. The number of halogens is 1. The van der Waals surface area contributed by atoms with E-state index in [1.165, 1.54) is 36.1 Å². The molecule has 0 fully saturated rings. The Morgan fingerprint density at radius 1 is 1.24 bits per heavy atom. The van der Waals surface area contributed by atoms with Crippen molar-refractivity contribution in [2.24, 2.45) is 0 Å². The molecule has 1 aromatic heterocycles. The molecule has 1 heterocycles. The molecule has 0 aliphatic heterocycles. The van der Waals surface area contributed by atoms with Crippen LogP contribution in [-0.2, 0) is 5.41 Å². The molecule has 0 saturated heterocycles. The average molecular weight is 438 g/mol. The van der Waals surface area contributed by atoms with Crippen molar-refractivity contribution in [3.05, 3.63) is 44.3 Å². The van der Waals surface area contributed by atoms with Crippen molar-refractivity contribution >= 4 is 28.7 Å². The molecule has 4 heteroatoms. The van der Waals surface area contributed by atoms with Gasteiger partial charge in [0, 0.05) is 20.7 Å². The van der Waals surface area contributed by atoms with E-state index in [-0.39, 0.29) is 17.2 Å². The lowest BCUT2D eigenvalue weighted by molar-refractivity contribution is 0.101. The van der Waals surface area contributed by atoms with E-state index in [0.717, 1.165) is 29.7 Å². The highest BCUT2D eigenvalue weighted by Gasteiger charge is 2.32. The van der Waals surface area contributed by atoms with Crippen LogP contribution in [0.15, 0.2) is 28.9 Å². The van der Waals surface area contributed by atoms with E-state index in [2.05, 4.69) is 52.1 Å². The topological polar surface area (TPSA) is 29.1 Å². The number of carbonyl (C=O) groups is 1. The third kappa shape index (κ3) is 7.29. The molecule has 0 bridgehead atoms. The monoisotopic (exact) mass is 437 g/mol. The summed E-state index contributed by atoms with van der Waals surface area (Å²) in [5.41, 5.74) is 2.13. The Balaban J connectivity index is 3.36. The summed E-state index contributed by atoms with van der Waals surface area (Å²) in [7, 11) is 0. The van der Waals surface area contributed by atoms with Crippen molar-refractivity contribution in [1.29, 1.82) is 0 Å². The first kappa shape index (κ1) is 26.0. The standard InChI is InChI=1S/C25H40ClNOS/c1-8-12-13-14-16-25(7,11-4)24-20(19(6)28)17-21(29-24)23(18(5)10-3)27-22(26)15-9-2/h10,15,17,23,27H,8-9,11-14,16H2,1-7H3/b18-10-,22-15+. The minimum Gasteiger partial charge on any atom is -0.365 e. The largest absolute Gasteiger partial charge is 0.365 e. The van der Waals surface area contributed by atoms with Gasteiger partial charge in [0.1, 0.15) is 0 Å². The Labute approximate surface area is 187 Å². The molecule has 0 saturated carbocycles. The second-order valence-electron chi connectivity index (χ2n) is 8.24. The average Bonchev–Trinajstić information content (AvgIpc) is 3.15. The summed E-state index contributed by atoms with van der Waals surface area (Å²) in [6, 6.07) is 2.09. The lowest BCUT2D eigenvalue weighted by atomic mass is 9.78. The summed E-state index contributed by atoms with van der Waals surface area (Å²) in [6.45, 7) is 14.7. The molecule has 1 aromatic rings. The summed E-state index contributed by atoms with van der Waals surface area (Å²) < 4.78 is 0. The van der Waals surface area contributed by atoms with Gasteiger partial charge in [0.15, 0.2) is 5.78 Å². The number of hydrogen-bond acceptors (Lipinski definition) is 3. The first-order valence-corrected chi connectivity index (χ1v) is 12.3. The molecule has 164 valence electrons. The quantitative estimate of drug-likeness (QED) is 0.145. The van der Waals surface area contributed by atoms with E-state index < -0.39 is 0 Å². The van der Waals surface area contributed by atoms with Crippen molar-refractivity contribution in [2.75, 3.05) is 0 Å². The SMILES string of the molecule is C/C=C(/C)C(N/C(Cl)=C/CC)c1cc(C(C)=O)c(C(C)(CC)CCCCCC)s1. The van der Waals surface area contributed by atoms with E-state index in [1.54, 1.807) is 18.3 Å². The van der Waals surface area contributed by atoms with Crippen molar-refractivity contribution in [2.45, 2.75) is 105 Å². The van der Waals surface area contributed by atoms with E-state index in [0.29, 0.717) is 5.16 Å². The van der Waals surface area contributed by atoms with Gasteiger partial charge in [-0.2, -0.15) is 0 Å². The number of ketones is 1. The number of thiophene rings is 1. The molecule has 0 spiro atoms. The molecule has 0 aromatic carbocycles.